The normalized spacial score (nSPS) is 20.8. The third kappa shape index (κ3) is 4.62. The zero-order chi connectivity index (χ0) is 13.5. The maximum Gasteiger partial charge on any atom is 0.238 e. The van der Waals surface area contributed by atoms with Crippen LogP contribution in [0.3, 0.4) is 0 Å². The van der Waals surface area contributed by atoms with Gasteiger partial charge < -0.3 is 16.0 Å². The molecular weight excluding hydrogens is 232 g/mol. The molecule has 3 N–H and O–H groups in total. The van der Waals surface area contributed by atoms with Crippen LogP contribution in [0.15, 0.2) is 0 Å². The van der Waals surface area contributed by atoms with Gasteiger partial charge in [-0.1, -0.05) is 0 Å². The first-order valence-electron chi connectivity index (χ1n) is 6.50. The summed E-state index contributed by atoms with van der Waals surface area (Å²) in [6, 6.07) is -0.00846. The summed E-state index contributed by atoms with van der Waals surface area (Å²) in [5.74, 6) is 0.0469. The smallest absolute Gasteiger partial charge is 0.238 e. The SMILES string of the molecule is CNC(=O)C1CNCCN1CCC(=O)NC(C)C. The molecule has 0 aromatic rings. The second kappa shape index (κ2) is 7.33. The van der Waals surface area contributed by atoms with Crippen molar-refractivity contribution >= 4 is 11.8 Å². The van der Waals surface area contributed by atoms with E-state index < -0.39 is 0 Å². The lowest BCUT2D eigenvalue weighted by molar-refractivity contribution is -0.128. The van der Waals surface area contributed by atoms with Crippen LogP contribution in [0.2, 0.25) is 0 Å². The fraction of sp³-hybridized carbons (Fsp3) is 0.833. The maximum absolute atomic E-state index is 11.7. The summed E-state index contributed by atoms with van der Waals surface area (Å²) in [4.78, 5) is 25.4. The lowest BCUT2D eigenvalue weighted by Gasteiger charge is -2.34. The van der Waals surface area contributed by atoms with Crippen molar-refractivity contribution in [1.82, 2.24) is 20.9 Å². The van der Waals surface area contributed by atoms with Gasteiger partial charge in [0.15, 0.2) is 0 Å². The van der Waals surface area contributed by atoms with E-state index in [0.29, 0.717) is 19.5 Å². The van der Waals surface area contributed by atoms with Gasteiger partial charge in [0, 0.05) is 45.7 Å². The highest BCUT2D eigenvalue weighted by Gasteiger charge is 2.27. The van der Waals surface area contributed by atoms with E-state index in [2.05, 4.69) is 20.9 Å². The lowest BCUT2D eigenvalue weighted by Crippen LogP contribution is -2.57. The van der Waals surface area contributed by atoms with Crippen molar-refractivity contribution in [2.45, 2.75) is 32.4 Å². The van der Waals surface area contributed by atoms with Crippen LogP contribution in [-0.4, -0.2) is 62.0 Å². The Morgan fingerprint density at radius 1 is 1.44 bits per heavy atom. The van der Waals surface area contributed by atoms with Crippen molar-refractivity contribution < 1.29 is 9.59 Å². The van der Waals surface area contributed by atoms with Crippen LogP contribution in [-0.2, 0) is 9.59 Å². The average Bonchev–Trinajstić information content (AvgIpc) is 2.35. The molecule has 6 nitrogen and oxygen atoms in total. The van der Waals surface area contributed by atoms with Gasteiger partial charge in [-0.15, -0.1) is 0 Å². The molecule has 1 heterocycles. The standard InChI is InChI=1S/C12H24N4O2/c1-9(2)15-11(17)4-6-16-7-5-14-8-10(16)12(18)13-3/h9-10,14H,4-8H2,1-3H3,(H,13,18)(H,15,17). The van der Waals surface area contributed by atoms with Crippen LogP contribution in [0.4, 0.5) is 0 Å². The molecule has 0 bridgehead atoms. The molecule has 0 spiro atoms. The number of rotatable bonds is 5. The molecule has 18 heavy (non-hydrogen) atoms. The van der Waals surface area contributed by atoms with E-state index in [0.717, 1.165) is 13.1 Å². The lowest BCUT2D eigenvalue weighted by atomic mass is 10.1. The Labute approximate surface area is 108 Å². The minimum absolute atomic E-state index is 0.00599. The third-order valence-corrected chi connectivity index (χ3v) is 2.98. The van der Waals surface area contributed by atoms with Crippen LogP contribution in [0.1, 0.15) is 20.3 Å². The van der Waals surface area contributed by atoms with E-state index in [1.54, 1.807) is 7.05 Å². The van der Waals surface area contributed by atoms with Gasteiger partial charge in [0.25, 0.3) is 0 Å². The van der Waals surface area contributed by atoms with Gasteiger partial charge in [-0.05, 0) is 13.8 Å². The highest BCUT2D eigenvalue weighted by molar-refractivity contribution is 5.82. The van der Waals surface area contributed by atoms with Gasteiger partial charge in [0.1, 0.15) is 6.04 Å². The monoisotopic (exact) mass is 256 g/mol. The molecule has 0 radical (unpaired) electrons. The Hall–Kier alpha value is -1.14. The third-order valence-electron chi connectivity index (χ3n) is 2.98. The van der Waals surface area contributed by atoms with Crippen molar-refractivity contribution in [3.05, 3.63) is 0 Å². The molecule has 0 aromatic heterocycles. The Morgan fingerprint density at radius 3 is 2.78 bits per heavy atom. The summed E-state index contributed by atoms with van der Waals surface area (Å²) in [7, 11) is 1.64. The fourth-order valence-corrected chi connectivity index (χ4v) is 2.08. The Bertz CT molecular complexity index is 294. The minimum Gasteiger partial charge on any atom is -0.358 e. The van der Waals surface area contributed by atoms with Crippen LogP contribution >= 0.6 is 0 Å². The van der Waals surface area contributed by atoms with Crippen LogP contribution in [0, 0.1) is 0 Å². The van der Waals surface area contributed by atoms with Gasteiger partial charge in [-0.2, -0.15) is 0 Å². The highest BCUT2D eigenvalue weighted by atomic mass is 16.2. The number of amides is 2. The van der Waals surface area contributed by atoms with E-state index in [1.165, 1.54) is 0 Å². The fourth-order valence-electron chi connectivity index (χ4n) is 2.08. The second-order valence-electron chi connectivity index (χ2n) is 4.84. The zero-order valence-electron chi connectivity index (χ0n) is 11.5. The van der Waals surface area contributed by atoms with Crippen molar-refractivity contribution in [2.75, 3.05) is 33.2 Å². The second-order valence-corrected chi connectivity index (χ2v) is 4.84. The van der Waals surface area contributed by atoms with Gasteiger partial charge in [-0.3, -0.25) is 14.5 Å². The van der Waals surface area contributed by atoms with E-state index >= 15 is 0 Å². The number of carbonyl (C=O) groups is 2. The highest BCUT2D eigenvalue weighted by Crippen LogP contribution is 2.04. The number of carbonyl (C=O) groups excluding carboxylic acids is 2. The quantitative estimate of drug-likeness (QED) is 0.585. The first kappa shape index (κ1) is 14.9. The molecule has 1 rings (SSSR count). The molecule has 2 amide bonds. The zero-order valence-corrected chi connectivity index (χ0v) is 11.5. The first-order valence-corrected chi connectivity index (χ1v) is 6.50. The molecule has 1 aliphatic rings. The molecule has 1 aliphatic heterocycles. The summed E-state index contributed by atoms with van der Waals surface area (Å²) >= 11 is 0. The van der Waals surface area contributed by atoms with Crippen molar-refractivity contribution in [1.29, 1.82) is 0 Å². The van der Waals surface area contributed by atoms with Gasteiger partial charge in [0.05, 0.1) is 0 Å². The number of piperazine rings is 1. The summed E-state index contributed by atoms with van der Waals surface area (Å²) in [6.07, 6.45) is 0.436. The summed E-state index contributed by atoms with van der Waals surface area (Å²) in [6.45, 7) is 6.81. The van der Waals surface area contributed by atoms with Crippen molar-refractivity contribution in [3.63, 3.8) is 0 Å². The molecule has 0 aromatic carbocycles. The minimum atomic E-state index is -0.171. The maximum atomic E-state index is 11.7. The van der Waals surface area contributed by atoms with Gasteiger partial charge >= 0.3 is 0 Å². The average molecular weight is 256 g/mol. The summed E-state index contributed by atoms with van der Waals surface area (Å²) < 4.78 is 0. The van der Waals surface area contributed by atoms with E-state index in [4.69, 9.17) is 0 Å². The molecule has 104 valence electrons. The molecular formula is C12H24N4O2. The van der Waals surface area contributed by atoms with E-state index in [1.807, 2.05) is 13.8 Å². The first-order chi connectivity index (χ1) is 8.54. The Kier molecular flexibility index (Phi) is 6.07. The largest absolute Gasteiger partial charge is 0.358 e. The molecule has 1 atom stereocenters. The summed E-state index contributed by atoms with van der Waals surface area (Å²) in [5, 5.41) is 8.72. The van der Waals surface area contributed by atoms with Crippen LogP contribution in [0.25, 0.3) is 0 Å². The topological polar surface area (TPSA) is 73.5 Å². The van der Waals surface area contributed by atoms with Gasteiger partial charge in [0.2, 0.25) is 11.8 Å². The number of nitrogens with zero attached hydrogens (tertiary/aromatic N) is 1. The predicted molar refractivity (Wildman–Crippen MR) is 70.2 cm³/mol. The van der Waals surface area contributed by atoms with Crippen molar-refractivity contribution in [2.24, 2.45) is 0 Å². The van der Waals surface area contributed by atoms with E-state index in [9.17, 15) is 9.59 Å². The number of likely N-dealkylation sites (N-methyl/N-ethyl adjacent to an activating group) is 1. The molecule has 1 saturated heterocycles. The van der Waals surface area contributed by atoms with E-state index in [-0.39, 0.29) is 23.9 Å². The van der Waals surface area contributed by atoms with Crippen molar-refractivity contribution in [3.8, 4) is 0 Å². The molecule has 6 heteroatoms. The predicted octanol–water partition coefficient (Wildman–Crippen LogP) is -1.08. The number of hydrogen-bond acceptors (Lipinski definition) is 4. The Morgan fingerprint density at radius 2 is 2.17 bits per heavy atom. The molecule has 1 fully saturated rings. The summed E-state index contributed by atoms with van der Waals surface area (Å²) in [5.41, 5.74) is 0. The Balaban J connectivity index is 2.42. The molecule has 1 unspecified atom stereocenters. The van der Waals surface area contributed by atoms with Crippen LogP contribution < -0.4 is 16.0 Å². The molecule has 0 aliphatic carbocycles. The van der Waals surface area contributed by atoms with Gasteiger partial charge in [-0.25, -0.2) is 0 Å². The number of nitrogens with one attached hydrogen (secondary N) is 3. The number of hydrogen-bond donors (Lipinski definition) is 3. The van der Waals surface area contributed by atoms with Crippen LogP contribution in [0.5, 0.6) is 0 Å². The molecule has 0 saturated carbocycles.